The topological polar surface area (TPSA) is 82.3 Å². The first-order valence-corrected chi connectivity index (χ1v) is 7.21. The lowest BCUT2D eigenvalue weighted by Crippen LogP contribution is -2.14. The highest BCUT2D eigenvalue weighted by molar-refractivity contribution is 7.90. The Kier molecular flexibility index (Phi) is 4.89. The lowest BCUT2D eigenvalue weighted by molar-refractivity contribution is 0.413. The maximum atomic E-state index is 11.7. The predicted molar refractivity (Wildman–Crippen MR) is 66.7 cm³/mol. The summed E-state index contributed by atoms with van der Waals surface area (Å²) in [6.45, 7) is 2.18. The highest BCUT2D eigenvalue weighted by Gasteiger charge is 2.13. The van der Waals surface area contributed by atoms with Crippen molar-refractivity contribution in [3.05, 3.63) is 23.5 Å². The zero-order chi connectivity index (χ0) is 12.9. The molecular weight excluding hydrogens is 240 g/mol. The van der Waals surface area contributed by atoms with Gasteiger partial charge in [0.1, 0.15) is 5.75 Å². The number of aryl methyl sites for hydroxylation is 1. The van der Waals surface area contributed by atoms with Gasteiger partial charge in [-0.1, -0.05) is 0 Å². The van der Waals surface area contributed by atoms with E-state index in [1.54, 1.807) is 26.2 Å². The van der Waals surface area contributed by atoms with Gasteiger partial charge in [-0.05, 0) is 19.9 Å². The van der Waals surface area contributed by atoms with E-state index in [0.717, 1.165) is 5.69 Å². The van der Waals surface area contributed by atoms with Crippen LogP contribution < -0.4 is 10.5 Å². The molecule has 1 aromatic rings. The van der Waals surface area contributed by atoms with Gasteiger partial charge in [-0.15, -0.1) is 0 Å². The molecule has 0 fully saturated rings. The van der Waals surface area contributed by atoms with E-state index in [4.69, 9.17) is 10.5 Å². The maximum Gasteiger partial charge on any atom is 0.156 e. The molecule has 0 amide bonds. The molecule has 0 aliphatic rings. The molecule has 0 aliphatic carbocycles. The molecule has 0 aliphatic heterocycles. The number of methoxy groups -OCH3 is 1. The van der Waals surface area contributed by atoms with Gasteiger partial charge in [0.2, 0.25) is 0 Å². The van der Waals surface area contributed by atoms with Crippen molar-refractivity contribution in [2.45, 2.75) is 19.1 Å². The third kappa shape index (κ3) is 4.70. The van der Waals surface area contributed by atoms with Crippen molar-refractivity contribution in [1.82, 2.24) is 4.98 Å². The summed E-state index contributed by atoms with van der Waals surface area (Å²) in [5, 5.41) is 0. The molecule has 2 N–H and O–H groups in total. The second-order valence-corrected chi connectivity index (χ2v) is 6.06. The minimum Gasteiger partial charge on any atom is -0.497 e. The molecule has 17 heavy (non-hydrogen) atoms. The van der Waals surface area contributed by atoms with Gasteiger partial charge in [0.25, 0.3) is 0 Å². The zero-order valence-electron chi connectivity index (χ0n) is 10.1. The van der Waals surface area contributed by atoms with Gasteiger partial charge in [0.15, 0.2) is 9.84 Å². The molecule has 1 heterocycles. The third-order valence-electron chi connectivity index (χ3n) is 2.24. The number of sulfone groups is 1. The summed E-state index contributed by atoms with van der Waals surface area (Å²) in [6.07, 6.45) is 0.477. The molecule has 0 aromatic carbocycles. The number of nitrogens with zero attached hydrogens (tertiary/aromatic N) is 1. The number of aromatic nitrogens is 1. The van der Waals surface area contributed by atoms with E-state index in [9.17, 15) is 8.42 Å². The molecule has 0 atom stereocenters. The average molecular weight is 258 g/mol. The standard InChI is InChI=1S/C11H18N2O3S/c1-9-6-11(16-2)7-10(13-9)8-17(14,15)5-3-4-12/h6-7H,3-5,8,12H2,1-2H3. The van der Waals surface area contributed by atoms with Crippen molar-refractivity contribution in [1.29, 1.82) is 0 Å². The predicted octanol–water partition coefficient (Wildman–Crippen LogP) is 0.662. The smallest absolute Gasteiger partial charge is 0.156 e. The van der Waals surface area contributed by atoms with Gasteiger partial charge in [-0.2, -0.15) is 0 Å². The molecule has 0 unspecified atom stereocenters. The Morgan fingerprint density at radius 3 is 2.71 bits per heavy atom. The van der Waals surface area contributed by atoms with E-state index in [2.05, 4.69) is 4.98 Å². The lowest BCUT2D eigenvalue weighted by Gasteiger charge is -2.06. The van der Waals surface area contributed by atoms with Crippen LogP contribution in [0.25, 0.3) is 0 Å². The molecule has 0 saturated heterocycles. The summed E-state index contributed by atoms with van der Waals surface area (Å²) in [5.41, 5.74) is 6.56. The monoisotopic (exact) mass is 258 g/mol. The fourth-order valence-electron chi connectivity index (χ4n) is 1.50. The number of hydrogen-bond acceptors (Lipinski definition) is 5. The van der Waals surface area contributed by atoms with E-state index >= 15 is 0 Å². The van der Waals surface area contributed by atoms with E-state index in [1.165, 1.54) is 0 Å². The van der Waals surface area contributed by atoms with E-state index in [0.29, 0.717) is 24.4 Å². The van der Waals surface area contributed by atoms with Gasteiger partial charge >= 0.3 is 0 Å². The Morgan fingerprint density at radius 1 is 1.41 bits per heavy atom. The molecule has 6 heteroatoms. The first kappa shape index (κ1) is 13.9. The Labute approximate surface area is 102 Å². The van der Waals surface area contributed by atoms with Crippen LogP contribution in [0.3, 0.4) is 0 Å². The van der Waals surface area contributed by atoms with Crippen LogP contribution >= 0.6 is 0 Å². The van der Waals surface area contributed by atoms with Crippen LogP contribution in [-0.4, -0.2) is 32.8 Å². The van der Waals surface area contributed by atoms with Crippen LogP contribution in [0.4, 0.5) is 0 Å². The summed E-state index contributed by atoms with van der Waals surface area (Å²) in [7, 11) is -1.59. The van der Waals surface area contributed by atoms with Gasteiger partial charge < -0.3 is 10.5 Å². The second kappa shape index (κ2) is 5.97. The zero-order valence-corrected chi connectivity index (χ0v) is 11.0. The van der Waals surface area contributed by atoms with Crippen molar-refractivity contribution in [3.8, 4) is 5.75 Å². The molecule has 0 radical (unpaired) electrons. The summed E-state index contributed by atoms with van der Waals surface area (Å²) >= 11 is 0. The Bertz CT molecular complexity index is 472. The number of ether oxygens (including phenoxy) is 1. The first-order valence-electron chi connectivity index (χ1n) is 5.39. The summed E-state index contributed by atoms with van der Waals surface area (Å²) in [6, 6.07) is 3.41. The summed E-state index contributed by atoms with van der Waals surface area (Å²) in [4.78, 5) is 4.18. The van der Waals surface area contributed by atoms with Crippen LogP contribution in [0.5, 0.6) is 5.75 Å². The van der Waals surface area contributed by atoms with E-state index in [-0.39, 0.29) is 11.5 Å². The van der Waals surface area contributed by atoms with Crippen LogP contribution in [0.2, 0.25) is 0 Å². The molecule has 96 valence electrons. The first-order chi connectivity index (χ1) is 7.96. The molecule has 0 bridgehead atoms. The Morgan fingerprint density at radius 2 is 2.12 bits per heavy atom. The van der Waals surface area contributed by atoms with Crippen molar-refractivity contribution in [2.75, 3.05) is 19.4 Å². The van der Waals surface area contributed by atoms with Crippen LogP contribution in [0.1, 0.15) is 17.8 Å². The maximum absolute atomic E-state index is 11.7. The third-order valence-corrected chi connectivity index (χ3v) is 3.89. The Hall–Kier alpha value is -1.14. The largest absolute Gasteiger partial charge is 0.497 e. The fourth-order valence-corrected chi connectivity index (χ4v) is 2.84. The van der Waals surface area contributed by atoms with Crippen molar-refractivity contribution in [2.24, 2.45) is 5.73 Å². The SMILES string of the molecule is COc1cc(C)nc(CS(=O)(=O)CCCN)c1. The molecule has 5 nitrogen and oxygen atoms in total. The quantitative estimate of drug-likeness (QED) is 0.810. The van der Waals surface area contributed by atoms with E-state index in [1.807, 2.05) is 0 Å². The minimum atomic E-state index is -3.14. The molecule has 1 aromatic heterocycles. The highest BCUT2D eigenvalue weighted by Crippen LogP contribution is 2.15. The van der Waals surface area contributed by atoms with Gasteiger partial charge in [-0.25, -0.2) is 8.42 Å². The van der Waals surface area contributed by atoms with Crippen molar-refractivity contribution >= 4 is 9.84 Å². The van der Waals surface area contributed by atoms with Crippen LogP contribution in [-0.2, 0) is 15.6 Å². The van der Waals surface area contributed by atoms with Crippen LogP contribution in [0.15, 0.2) is 12.1 Å². The van der Waals surface area contributed by atoms with Gasteiger partial charge in [0.05, 0.1) is 24.3 Å². The fraction of sp³-hybridized carbons (Fsp3) is 0.545. The lowest BCUT2D eigenvalue weighted by atomic mass is 10.3. The average Bonchev–Trinajstić information content (AvgIpc) is 2.25. The summed E-state index contributed by atoms with van der Waals surface area (Å²) in [5.74, 6) is 0.661. The van der Waals surface area contributed by atoms with Crippen molar-refractivity contribution < 1.29 is 13.2 Å². The molecule has 0 saturated carbocycles. The minimum absolute atomic E-state index is 0.0644. The summed E-state index contributed by atoms with van der Waals surface area (Å²) < 4.78 is 28.5. The molecule has 1 rings (SSSR count). The normalized spacial score (nSPS) is 11.5. The highest BCUT2D eigenvalue weighted by atomic mass is 32.2. The number of pyridine rings is 1. The van der Waals surface area contributed by atoms with Crippen LogP contribution in [0, 0.1) is 6.92 Å². The van der Waals surface area contributed by atoms with Crippen molar-refractivity contribution in [3.63, 3.8) is 0 Å². The number of nitrogens with two attached hydrogens (primary N) is 1. The van der Waals surface area contributed by atoms with E-state index < -0.39 is 9.84 Å². The molecular formula is C11H18N2O3S. The number of rotatable bonds is 6. The second-order valence-electron chi connectivity index (χ2n) is 3.87. The Balaban J connectivity index is 2.84. The number of hydrogen-bond donors (Lipinski definition) is 1. The van der Waals surface area contributed by atoms with Gasteiger partial charge in [-0.3, -0.25) is 4.98 Å². The van der Waals surface area contributed by atoms with Gasteiger partial charge in [0, 0.05) is 17.8 Å². The molecule has 0 spiro atoms.